The first-order valence-electron chi connectivity index (χ1n) is 14.7. The molecule has 2 saturated heterocycles. The van der Waals surface area contributed by atoms with E-state index in [0.717, 1.165) is 11.8 Å². The maximum atomic E-state index is 14.1. The lowest BCUT2D eigenvalue weighted by atomic mass is 9.94. The largest absolute Gasteiger partial charge is 0.383 e. The van der Waals surface area contributed by atoms with Gasteiger partial charge in [0, 0.05) is 45.8 Å². The van der Waals surface area contributed by atoms with Gasteiger partial charge in [-0.05, 0) is 58.6 Å². The van der Waals surface area contributed by atoms with Gasteiger partial charge in [0.25, 0.3) is 0 Å². The molecule has 3 heterocycles. The van der Waals surface area contributed by atoms with Gasteiger partial charge in [-0.25, -0.2) is 26.7 Å². The van der Waals surface area contributed by atoms with E-state index in [1.807, 2.05) is 35.2 Å². The van der Waals surface area contributed by atoms with Crippen LogP contribution < -0.4 is 10.6 Å². The van der Waals surface area contributed by atoms with Crippen molar-refractivity contribution in [2.24, 2.45) is 0 Å². The fourth-order valence-corrected chi connectivity index (χ4v) is 6.88. The van der Waals surface area contributed by atoms with Crippen LogP contribution in [0.5, 0.6) is 0 Å². The standard InChI is InChI=1S/C30H37BrF2N6O5S/c1-43-14-13-38-16-23(20-7-8-24(32)25(33)15-20)26(17-38)34-30(40)35-29-28(31)27(36-39(29)21-5-3-2-4-6-21)18-44-22-9-11-37(12-10-22)19-45(41)42/h2-8,15,22-23,26,45H,9-14,16-19H2,1H3,(H2,34,35,40)/t23-,26+/m0/s1. The number of carbonyl (C=O) groups excluding carboxylic acids is 1. The number of aromatic nitrogens is 2. The summed E-state index contributed by atoms with van der Waals surface area (Å²) in [5.41, 5.74) is 1.92. The SMILES string of the molecule is COCCN1C[C@@H](NC(=O)Nc2c(Br)c(COC3CCN(C[SH](=O)=O)CC3)nn2-c2ccccc2)[C@H](c2ccc(F)c(F)c2)C1. The molecular formula is C30H37BrF2N6O5S. The highest BCUT2D eigenvalue weighted by Gasteiger charge is 2.35. The molecule has 45 heavy (non-hydrogen) atoms. The Labute approximate surface area is 270 Å². The summed E-state index contributed by atoms with van der Waals surface area (Å²) in [5, 5.41) is 10.7. The number of urea groups is 1. The molecule has 0 saturated carbocycles. The van der Waals surface area contributed by atoms with Gasteiger partial charge in [0.05, 0.1) is 41.4 Å². The Hall–Kier alpha value is -2.95. The summed E-state index contributed by atoms with van der Waals surface area (Å²) in [6.07, 6.45) is 1.36. The normalized spacial score (nSPS) is 19.8. The molecule has 2 aliphatic heterocycles. The maximum Gasteiger partial charge on any atom is 0.320 e. The molecular weight excluding hydrogens is 674 g/mol. The summed E-state index contributed by atoms with van der Waals surface area (Å²) >= 11 is 3.62. The number of thiol groups is 1. The number of rotatable bonds is 12. The molecule has 2 atom stereocenters. The van der Waals surface area contributed by atoms with Crippen LogP contribution in [-0.2, 0) is 26.8 Å². The van der Waals surface area contributed by atoms with Crippen LogP contribution in [0.4, 0.5) is 19.4 Å². The minimum atomic E-state index is -2.45. The van der Waals surface area contributed by atoms with Crippen LogP contribution in [-0.4, -0.2) is 98.5 Å². The molecule has 2 amide bonds. The van der Waals surface area contributed by atoms with Crippen molar-refractivity contribution in [3.63, 3.8) is 0 Å². The number of nitrogens with zero attached hydrogens (tertiary/aromatic N) is 4. The number of benzene rings is 2. The number of hydrogen-bond acceptors (Lipinski definition) is 8. The van der Waals surface area contributed by atoms with Crippen LogP contribution in [0, 0.1) is 11.6 Å². The summed E-state index contributed by atoms with van der Waals surface area (Å²) in [4.78, 5) is 17.5. The monoisotopic (exact) mass is 710 g/mol. The number of likely N-dealkylation sites (tertiary alicyclic amines) is 2. The molecule has 2 N–H and O–H groups in total. The minimum Gasteiger partial charge on any atom is -0.383 e. The van der Waals surface area contributed by atoms with Gasteiger partial charge in [-0.15, -0.1) is 0 Å². The van der Waals surface area contributed by atoms with Gasteiger partial charge >= 0.3 is 6.03 Å². The number of nitrogens with one attached hydrogen (secondary N) is 2. The molecule has 2 aromatic carbocycles. The topological polar surface area (TPSA) is 118 Å². The highest BCUT2D eigenvalue weighted by molar-refractivity contribution is 9.10. The summed E-state index contributed by atoms with van der Waals surface area (Å²) < 4.78 is 63.5. The Morgan fingerprint density at radius 3 is 2.51 bits per heavy atom. The average Bonchev–Trinajstić information content (AvgIpc) is 3.57. The summed E-state index contributed by atoms with van der Waals surface area (Å²) in [6.45, 7) is 3.63. The molecule has 11 nitrogen and oxygen atoms in total. The van der Waals surface area contributed by atoms with E-state index in [1.165, 1.54) is 6.07 Å². The molecule has 2 aliphatic rings. The molecule has 0 aliphatic carbocycles. The number of halogens is 3. The predicted molar refractivity (Wildman–Crippen MR) is 169 cm³/mol. The minimum absolute atomic E-state index is 0.0454. The zero-order valence-corrected chi connectivity index (χ0v) is 27.3. The lowest BCUT2D eigenvalue weighted by Crippen LogP contribution is -2.42. The number of amides is 2. The molecule has 0 spiro atoms. The zero-order valence-electron chi connectivity index (χ0n) is 24.8. The van der Waals surface area contributed by atoms with Crippen molar-refractivity contribution in [1.29, 1.82) is 0 Å². The van der Waals surface area contributed by atoms with E-state index in [0.29, 0.717) is 73.7 Å². The average molecular weight is 712 g/mol. The van der Waals surface area contributed by atoms with Crippen LogP contribution in [0.2, 0.25) is 0 Å². The lowest BCUT2D eigenvalue weighted by molar-refractivity contribution is -0.000831. The second kappa shape index (κ2) is 15.6. The van der Waals surface area contributed by atoms with Crippen LogP contribution in [0.3, 0.4) is 0 Å². The van der Waals surface area contributed by atoms with E-state index in [9.17, 15) is 22.0 Å². The van der Waals surface area contributed by atoms with Crippen molar-refractivity contribution in [1.82, 2.24) is 24.9 Å². The van der Waals surface area contributed by atoms with E-state index in [-0.39, 0.29) is 30.5 Å². The van der Waals surface area contributed by atoms with Gasteiger partial charge < -0.3 is 14.8 Å². The molecule has 2 fully saturated rings. The van der Waals surface area contributed by atoms with Crippen molar-refractivity contribution >= 4 is 38.5 Å². The Bertz CT molecular complexity index is 1530. The first-order chi connectivity index (χ1) is 21.7. The van der Waals surface area contributed by atoms with Crippen molar-refractivity contribution in [3.05, 3.63) is 75.9 Å². The van der Waals surface area contributed by atoms with E-state index >= 15 is 0 Å². The molecule has 0 radical (unpaired) electrons. The number of carbonyl (C=O) groups is 1. The summed E-state index contributed by atoms with van der Waals surface area (Å²) in [7, 11) is -0.839. The number of ether oxygens (including phenoxy) is 2. The van der Waals surface area contributed by atoms with Crippen LogP contribution in [0.15, 0.2) is 53.0 Å². The number of anilines is 1. The Morgan fingerprint density at radius 2 is 1.82 bits per heavy atom. The van der Waals surface area contributed by atoms with Crippen molar-refractivity contribution in [2.45, 2.75) is 37.5 Å². The molecule has 0 bridgehead atoms. The fourth-order valence-electron chi connectivity index (χ4n) is 5.81. The second-order valence-corrected chi connectivity index (χ2v) is 12.9. The highest BCUT2D eigenvalue weighted by atomic mass is 79.9. The van der Waals surface area contributed by atoms with Crippen molar-refractivity contribution in [3.8, 4) is 5.69 Å². The zero-order chi connectivity index (χ0) is 31.9. The van der Waals surface area contributed by atoms with Crippen LogP contribution >= 0.6 is 15.9 Å². The lowest BCUT2D eigenvalue weighted by Gasteiger charge is -2.30. The van der Waals surface area contributed by atoms with Gasteiger partial charge in [0.1, 0.15) is 5.69 Å². The van der Waals surface area contributed by atoms with Crippen LogP contribution in [0.1, 0.15) is 30.0 Å². The predicted octanol–water partition coefficient (Wildman–Crippen LogP) is 3.70. The van der Waals surface area contributed by atoms with Crippen molar-refractivity contribution < 1.29 is 31.5 Å². The molecule has 244 valence electrons. The third kappa shape index (κ3) is 8.65. The van der Waals surface area contributed by atoms with Gasteiger partial charge in [0.2, 0.25) is 0 Å². The van der Waals surface area contributed by atoms with Gasteiger partial charge in [-0.1, -0.05) is 24.3 Å². The van der Waals surface area contributed by atoms with E-state index < -0.39 is 28.4 Å². The summed E-state index contributed by atoms with van der Waals surface area (Å²) in [5.74, 6) is -1.65. The van der Waals surface area contributed by atoms with Crippen molar-refractivity contribution in [2.75, 3.05) is 57.6 Å². The molecule has 0 unspecified atom stereocenters. The quantitative estimate of drug-likeness (QED) is 0.244. The molecule has 5 rings (SSSR count). The number of methoxy groups -OCH3 is 1. The molecule has 3 aromatic rings. The summed E-state index contributed by atoms with van der Waals surface area (Å²) in [6, 6.07) is 12.4. The van der Waals surface area contributed by atoms with Gasteiger partial charge in [-0.3, -0.25) is 15.1 Å². The number of para-hydroxylation sites is 1. The maximum absolute atomic E-state index is 14.1. The Balaban J connectivity index is 1.30. The molecule has 1 aromatic heterocycles. The van der Waals surface area contributed by atoms with E-state index in [1.54, 1.807) is 17.9 Å². The third-order valence-electron chi connectivity index (χ3n) is 8.13. The van der Waals surface area contributed by atoms with Crippen LogP contribution in [0.25, 0.3) is 5.69 Å². The van der Waals surface area contributed by atoms with Gasteiger partial charge in [-0.2, -0.15) is 5.10 Å². The van der Waals surface area contributed by atoms with E-state index in [2.05, 4.69) is 31.5 Å². The second-order valence-electron chi connectivity index (χ2n) is 11.2. The Kier molecular flexibility index (Phi) is 11.6. The molecule has 15 heteroatoms. The first kappa shape index (κ1) is 33.4. The third-order valence-corrected chi connectivity index (χ3v) is 9.59. The highest BCUT2D eigenvalue weighted by Crippen LogP contribution is 2.32. The van der Waals surface area contributed by atoms with E-state index in [4.69, 9.17) is 14.6 Å². The number of hydrogen-bond donors (Lipinski definition) is 3. The number of piperidine rings is 1. The first-order valence-corrected chi connectivity index (χ1v) is 16.9. The smallest absolute Gasteiger partial charge is 0.320 e. The fraction of sp³-hybridized carbons (Fsp3) is 0.467. The van der Waals surface area contributed by atoms with Gasteiger partial charge in [0.15, 0.2) is 28.2 Å². The Morgan fingerprint density at radius 1 is 1.07 bits per heavy atom.